The molecule has 3 atom stereocenters. The van der Waals surface area contributed by atoms with Crippen LogP contribution in [0.25, 0.3) is 0 Å². The average molecular weight is 439 g/mol. The van der Waals surface area contributed by atoms with Crippen molar-refractivity contribution in [1.82, 2.24) is 10.2 Å². The lowest BCUT2D eigenvalue weighted by atomic mass is 9.85. The van der Waals surface area contributed by atoms with Gasteiger partial charge in [-0.05, 0) is 49.3 Å². The fourth-order valence-electron chi connectivity index (χ4n) is 4.86. The largest absolute Gasteiger partial charge is 0.351 e. The minimum absolute atomic E-state index is 0.0465. The fraction of sp³-hybridized carbons (Fsp3) is 0.652. The van der Waals surface area contributed by atoms with Crippen molar-refractivity contribution < 1.29 is 9.59 Å². The molecule has 0 bridgehead atoms. The zero-order chi connectivity index (χ0) is 20.8. The van der Waals surface area contributed by atoms with Gasteiger partial charge in [-0.1, -0.05) is 62.8 Å². The summed E-state index contributed by atoms with van der Waals surface area (Å²) >= 11 is 12.1. The molecule has 1 aromatic carbocycles. The van der Waals surface area contributed by atoms with E-state index >= 15 is 0 Å². The van der Waals surface area contributed by atoms with Crippen molar-refractivity contribution in [3.8, 4) is 0 Å². The van der Waals surface area contributed by atoms with Crippen LogP contribution in [-0.2, 0) is 9.59 Å². The summed E-state index contributed by atoms with van der Waals surface area (Å²) in [6, 6.07) is 6.81. The van der Waals surface area contributed by atoms with Gasteiger partial charge in [0.2, 0.25) is 11.8 Å². The molecule has 0 aromatic heterocycles. The second-order valence-corrected chi connectivity index (χ2v) is 9.26. The second kappa shape index (κ2) is 10.7. The molecule has 0 aliphatic heterocycles. The Morgan fingerprint density at radius 2 is 1.66 bits per heavy atom. The first-order chi connectivity index (χ1) is 14.0. The first kappa shape index (κ1) is 22.4. The molecule has 0 spiro atoms. The first-order valence-corrected chi connectivity index (χ1v) is 11.9. The van der Waals surface area contributed by atoms with E-state index in [-0.39, 0.29) is 29.8 Å². The van der Waals surface area contributed by atoms with Crippen molar-refractivity contribution in [2.24, 2.45) is 5.92 Å². The number of nitrogens with one attached hydrogen (secondary N) is 1. The van der Waals surface area contributed by atoms with Gasteiger partial charge in [-0.15, -0.1) is 11.6 Å². The van der Waals surface area contributed by atoms with E-state index in [4.69, 9.17) is 23.2 Å². The highest BCUT2D eigenvalue weighted by molar-refractivity contribution is 6.30. The Hall–Kier alpha value is -1.26. The van der Waals surface area contributed by atoms with Crippen LogP contribution in [-0.4, -0.2) is 34.7 Å². The summed E-state index contributed by atoms with van der Waals surface area (Å²) in [7, 11) is 0. The number of halogens is 2. The van der Waals surface area contributed by atoms with Gasteiger partial charge < -0.3 is 10.2 Å². The summed E-state index contributed by atoms with van der Waals surface area (Å²) in [6.45, 7) is 2.20. The van der Waals surface area contributed by atoms with Crippen LogP contribution in [0.2, 0.25) is 5.02 Å². The minimum atomic E-state index is -0.671. The topological polar surface area (TPSA) is 49.4 Å². The molecular weight excluding hydrogens is 407 g/mol. The highest BCUT2D eigenvalue weighted by atomic mass is 35.5. The van der Waals surface area contributed by atoms with Gasteiger partial charge in [0.15, 0.2) is 0 Å². The molecule has 0 heterocycles. The van der Waals surface area contributed by atoms with Crippen molar-refractivity contribution in [3.05, 3.63) is 34.9 Å². The van der Waals surface area contributed by atoms with Crippen LogP contribution in [0.15, 0.2) is 24.3 Å². The molecule has 1 aromatic rings. The van der Waals surface area contributed by atoms with E-state index < -0.39 is 6.04 Å². The molecule has 0 saturated heterocycles. The Morgan fingerprint density at radius 1 is 1.03 bits per heavy atom. The molecule has 2 aliphatic carbocycles. The van der Waals surface area contributed by atoms with Gasteiger partial charge in [0.1, 0.15) is 11.9 Å². The van der Waals surface area contributed by atoms with E-state index in [9.17, 15) is 9.59 Å². The lowest BCUT2D eigenvalue weighted by Crippen LogP contribution is -2.52. The van der Waals surface area contributed by atoms with E-state index in [0.717, 1.165) is 50.5 Å². The summed E-state index contributed by atoms with van der Waals surface area (Å²) in [6.07, 6.45) is 9.63. The number of rotatable bonds is 6. The lowest BCUT2D eigenvalue weighted by molar-refractivity contribution is -0.143. The van der Waals surface area contributed by atoms with E-state index in [1.165, 1.54) is 12.8 Å². The number of benzene rings is 1. The number of carbonyl (C=O) groups is 2. The van der Waals surface area contributed by atoms with Crippen LogP contribution >= 0.6 is 23.2 Å². The smallest absolute Gasteiger partial charge is 0.247 e. The zero-order valence-electron chi connectivity index (χ0n) is 17.2. The monoisotopic (exact) mass is 438 g/mol. The standard InChI is InChI=1S/C23H32Cl2N2O2/c1-16-7-5-6-10-20(16)26-23(29)22(17-11-13-18(25)14-12-17)27(21(28)15-24)19-8-3-2-4-9-19/h11-14,16,19-20,22H,2-10,15H2,1H3,(H,26,29)/t16-,20+,22-/m1/s1. The zero-order valence-corrected chi connectivity index (χ0v) is 18.7. The van der Waals surface area contributed by atoms with Crippen molar-refractivity contribution in [1.29, 1.82) is 0 Å². The van der Waals surface area contributed by atoms with Gasteiger partial charge in [0.25, 0.3) is 0 Å². The molecule has 160 valence electrons. The molecule has 3 rings (SSSR count). The van der Waals surface area contributed by atoms with Gasteiger partial charge >= 0.3 is 0 Å². The number of alkyl halides is 1. The number of hydrogen-bond acceptors (Lipinski definition) is 2. The number of hydrogen-bond donors (Lipinski definition) is 1. The quantitative estimate of drug-likeness (QED) is 0.597. The van der Waals surface area contributed by atoms with E-state index in [0.29, 0.717) is 10.9 Å². The van der Waals surface area contributed by atoms with E-state index in [1.807, 2.05) is 12.1 Å². The third kappa shape index (κ3) is 5.67. The van der Waals surface area contributed by atoms with Crippen LogP contribution in [0.5, 0.6) is 0 Å². The second-order valence-electron chi connectivity index (χ2n) is 8.56. The molecule has 2 fully saturated rings. The Morgan fingerprint density at radius 3 is 2.28 bits per heavy atom. The number of carbonyl (C=O) groups excluding carboxylic acids is 2. The highest BCUT2D eigenvalue weighted by Crippen LogP contribution is 2.33. The van der Waals surface area contributed by atoms with Gasteiger partial charge in [-0.25, -0.2) is 0 Å². The van der Waals surface area contributed by atoms with Crippen LogP contribution in [0.3, 0.4) is 0 Å². The molecule has 2 amide bonds. The average Bonchev–Trinajstić information content (AvgIpc) is 2.74. The first-order valence-electron chi connectivity index (χ1n) is 10.9. The van der Waals surface area contributed by atoms with E-state index in [2.05, 4.69) is 12.2 Å². The summed E-state index contributed by atoms with van der Waals surface area (Å²) in [5.41, 5.74) is 0.791. The van der Waals surface area contributed by atoms with Gasteiger partial charge in [0, 0.05) is 17.1 Å². The molecule has 2 aliphatic rings. The summed E-state index contributed by atoms with van der Waals surface area (Å²) in [5, 5.41) is 3.88. The van der Waals surface area contributed by atoms with Crippen LogP contribution < -0.4 is 5.32 Å². The SMILES string of the molecule is C[C@@H]1CCCC[C@@H]1NC(=O)[C@@H](c1ccc(Cl)cc1)N(C(=O)CCl)C1CCCCC1. The molecule has 6 heteroatoms. The van der Waals surface area contributed by atoms with Crippen molar-refractivity contribution in [2.45, 2.75) is 82.8 Å². The Kier molecular flexibility index (Phi) is 8.25. The van der Waals surface area contributed by atoms with Gasteiger partial charge in [0.05, 0.1) is 0 Å². The molecule has 0 unspecified atom stereocenters. The summed E-state index contributed by atoms with van der Waals surface area (Å²) in [4.78, 5) is 28.3. The molecule has 2 saturated carbocycles. The van der Waals surface area contributed by atoms with Crippen molar-refractivity contribution >= 4 is 35.0 Å². The third-order valence-electron chi connectivity index (χ3n) is 6.52. The molecular formula is C23H32Cl2N2O2. The van der Waals surface area contributed by atoms with Crippen LogP contribution in [0, 0.1) is 5.92 Å². The Balaban J connectivity index is 1.92. The maximum atomic E-state index is 13.6. The van der Waals surface area contributed by atoms with Gasteiger partial charge in [-0.2, -0.15) is 0 Å². The maximum absolute atomic E-state index is 13.6. The molecule has 4 nitrogen and oxygen atoms in total. The Bertz CT molecular complexity index is 689. The highest BCUT2D eigenvalue weighted by Gasteiger charge is 2.37. The predicted octanol–water partition coefficient (Wildman–Crippen LogP) is 5.48. The summed E-state index contributed by atoms with van der Waals surface area (Å²) in [5.74, 6) is 0.0548. The van der Waals surface area contributed by atoms with E-state index in [1.54, 1.807) is 17.0 Å². The van der Waals surface area contributed by atoms with Gasteiger partial charge in [-0.3, -0.25) is 9.59 Å². The molecule has 0 radical (unpaired) electrons. The number of amides is 2. The number of nitrogens with zero attached hydrogens (tertiary/aromatic N) is 1. The minimum Gasteiger partial charge on any atom is -0.351 e. The molecule has 1 N–H and O–H groups in total. The Labute approximate surface area is 184 Å². The van der Waals surface area contributed by atoms with Crippen LogP contribution in [0.4, 0.5) is 0 Å². The van der Waals surface area contributed by atoms with Crippen LogP contribution in [0.1, 0.15) is 76.3 Å². The summed E-state index contributed by atoms with van der Waals surface area (Å²) < 4.78 is 0. The molecule has 29 heavy (non-hydrogen) atoms. The maximum Gasteiger partial charge on any atom is 0.247 e. The third-order valence-corrected chi connectivity index (χ3v) is 7.00. The van der Waals surface area contributed by atoms with Crippen molar-refractivity contribution in [3.63, 3.8) is 0 Å². The normalized spacial score (nSPS) is 24.0. The fourth-order valence-corrected chi connectivity index (χ4v) is 5.13. The predicted molar refractivity (Wildman–Crippen MR) is 118 cm³/mol. The lowest BCUT2D eigenvalue weighted by Gasteiger charge is -2.40. The van der Waals surface area contributed by atoms with Crippen molar-refractivity contribution in [2.75, 3.05) is 5.88 Å².